The molecular weight excluding hydrogens is 176 g/mol. The van der Waals surface area contributed by atoms with Crippen LogP contribution in [0, 0.1) is 0 Å². The minimum Gasteiger partial charge on any atom is -0.270 e. The topological polar surface area (TPSA) is 29.1 Å². The normalized spacial score (nSPS) is 11.9. The van der Waals surface area contributed by atoms with Crippen molar-refractivity contribution in [2.75, 3.05) is 6.26 Å². The van der Waals surface area contributed by atoms with Crippen LogP contribution in [0.3, 0.4) is 0 Å². The first kappa shape index (κ1) is 8.12. The molecule has 44 valence electrons. The molecule has 0 bridgehead atoms. The number of halogens is 2. The highest BCUT2D eigenvalue weighted by molar-refractivity contribution is 8.16. The molecule has 0 heterocycles. The molecule has 0 aliphatic carbocycles. The molecule has 0 spiro atoms. The lowest BCUT2D eigenvalue weighted by Crippen LogP contribution is -1.85. The van der Waals surface area contributed by atoms with Crippen molar-refractivity contribution in [2.24, 2.45) is 0 Å². The van der Waals surface area contributed by atoms with E-state index < -0.39 is 6.00 Å². The van der Waals surface area contributed by atoms with Crippen molar-refractivity contribution in [1.29, 1.82) is 0 Å². The van der Waals surface area contributed by atoms with Gasteiger partial charge in [0.15, 0.2) is 0 Å². The maximum Gasteiger partial charge on any atom is 0.328 e. The molecule has 0 fully saturated rings. The van der Waals surface area contributed by atoms with Crippen LogP contribution < -0.4 is 4.49 Å². The van der Waals surface area contributed by atoms with Gasteiger partial charge in [0.25, 0.3) is 0 Å². The van der Waals surface area contributed by atoms with Gasteiger partial charge in [-0.15, -0.1) is 0 Å². The molecule has 0 amide bonds. The zero-order valence-corrected chi connectivity index (χ0v) is 6.74. The third-order valence-corrected chi connectivity index (χ3v) is 3.02. The second kappa shape index (κ2) is 3.21. The molecule has 0 aromatic rings. The number of rotatable bonds is 2. The van der Waals surface area contributed by atoms with Gasteiger partial charge in [-0.2, -0.15) is 4.49 Å². The highest BCUT2D eigenvalue weighted by Crippen LogP contribution is 2.53. The zero-order valence-electron chi connectivity index (χ0n) is 3.52. The minimum atomic E-state index is -3.01. The summed E-state index contributed by atoms with van der Waals surface area (Å²) in [5, 5.41) is 0. The van der Waals surface area contributed by atoms with Crippen molar-refractivity contribution in [1.82, 2.24) is 4.49 Å². The van der Waals surface area contributed by atoms with Crippen LogP contribution in [-0.4, -0.2) is 6.26 Å². The number of hydrogen-bond acceptors (Lipinski definition) is 2. The first-order valence-corrected chi connectivity index (χ1v) is 6.10. The average Bonchev–Trinajstić information content (AvgIpc) is 1.30. The molecule has 0 aromatic heterocycles. The molecule has 0 atom stereocenters. The SMILES string of the molecule is CSNP(=O)(Cl)Cl. The zero-order chi connectivity index (χ0) is 5.91. The number of nitrogens with one attached hydrogen (secondary N) is 1. The molecule has 0 aliphatic rings. The Bertz CT molecular complexity index is 91.7. The predicted octanol–water partition coefficient (Wildman–Crippen LogP) is 2.44. The lowest BCUT2D eigenvalue weighted by atomic mass is 12.0. The molecule has 0 saturated carbocycles. The van der Waals surface area contributed by atoms with Gasteiger partial charge >= 0.3 is 6.00 Å². The van der Waals surface area contributed by atoms with E-state index >= 15 is 0 Å². The quantitative estimate of drug-likeness (QED) is 0.522. The van der Waals surface area contributed by atoms with Gasteiger partial charge in [0.1, 0.15) is 0 Å². The second-order valence-electron chi connectivity index (χ2n) is 0.758. The van der Waals surface area contributed by atoms with E-state index in [4.69, 9.17) is 22.5 Å². The standard InChI is InChI=1S/CH4Cl2NOPS/c1-7-4-6(2,3)5/h1H3,(H,4,5). The Morgan fingerprint density at radius 3 is 2.14 bits per heavy atom. The molecule has 0 aromatic carbocycles. The summed E-state index contributed by atoms with van der Waals surface area (Å²) >= 11 is 11.2. The van der Waals surface area contributed by atoms with E-state index in [0.717, 1.165) is 11.9 Å². The fourth-order valence-electron chi connectivity index (χ4n) is 0.106. The van der Waals surface area contributed by atoms with Crippen molar-refractivity contribution in [3.05, 3.63) is 0 Å². The highest BCUT2D eigenvalue weighted by atomic mass is 35.9. The summed E-state index contributed by atoms with van der Waals surface area (Å²) in [5.74, 6) is -3.01. The van der Waals surface area contributed by atoms with E-state index in [2.05, 4.69) is 4.49 Å². The molecule has 0 saturated heterocycles. The Morgan fingerprint density at radius 2 is 2.14 bits per heavy atom. The molecule has 0 rings (SSSR count). The van der Waals surface area contributed by atoms with Crippen LogP contribution in [0.25, 0.3) is 0 Å². The highest BCUT2D eigenvalue weighted by Gasteiger charge is 2.09. The molecule has 1 N–H and O–H groups in total. The Hall–Kier alpha value is 1.12. The van der Waals surface area contributed by atoms with Crippen molar-refractivity contribution in [3.63, 3.8) is 0 Å². The van der Waals surface area contributed by atoms with Crippen molar-refractivity contribution in [3.8, 4) is 0 Å². The van der Waals surface area contributed by atoms with E-state index in [-0.39, 0.29) is 0 Å². The van der Waals surface area contributed by atoms with Crippen LogP contribution in [-0.2, 0) is 4.57 Å². The summed E-state index contributed by atoms with van der Waals surface area (Å²) in [4.78, 5) is 0. The molecule has 6 heteroatoms. The fraction of sp³-hybridized carbons (Fsp3) is 1.00. The summed E-state index contributed by atoms with van der Waals surface area (Å²) in [7, 11) is 0. The largest absolute Gasteiger partial charge is 0.328 e. The molecule has 2 nitrogen and oxygen atoms in total. The average molecular weight is 180 g/mol. The molecule has 0 aliphatic heterocycles. The summed E-state index contributed by atoms with van der Waals surface area (Å²) in [6.45, 7) is 0. The first-order chi connectivity index (χ1) is 3.06. The summed E-state index contributed by atoms with van der Waals surface area (Å²) in [5.41, 5.74) is 0. The Labute approximate surface area is 56.1 Å². The Morgan fingerprint density at radius 1 is 1.71 bits per heavy atom. The van der Waals surface area contributed by atoms with E-state index in [1.165, 1.54) is 0 Å². The van der Waals surface area contributed by atoms with Gasteiger partial charge in [0.05, 0.1) is 0 Å². The van der Waals surface area contributed by atoms with Crippen LogP contribution >= 0.6 is 40.4 Å². The predicted molar refractivity (Wildman–Crippen MR) is 36.0 cm³/mol. The van der Waals surface area contributed by atoms with Crippen molar-refractivity contribution >= 4 is 40.4 Å². The van der Waals surface area contributed by atoms with Crippen LogP contribution in [0.2, 0.25) is 0 Å². The van der Waals surface area contributed by atoms with Crippen LogP contribution in [0.15, 0.2) is 0 Å². The number of hydrogen-bond donors (Lipinski definition) is 1. The lowest BCUT2D eigenvalue weighted by Gasteiger charge is -1.96. The molecule has 0 radical (unpaired) electrons. The van der Waals surface area contributed by atoms with Crippen LogP contribution in [0.1, 0.15) is 0 Å². The molecular formula is CH4Cl2NOPS. The van der Waals surface area contributed by atoms with Crippen molar-refractivity contribution < 1.29 is 4.57 Å². The molecule has 0 unspecified atom stereocenters. The minimum absolute atomic E-state index is 1.13. The monoisotopic (exact) mass is 179 g/mol. The van der Waals surface area contributed by atoms with Gasteiger partial charge in [-0.1, -0.05) is 11.9 Å². The smallest absolute Gasteiger partial charge is 0.270 e. The van der Waals surface area contributed by atoms with Gasteiger partial charge in [-0.3, -0.25) is 4.57 Å². The third kappa shape index (κ3) is 7.12. The van der Waals surface area contributed by atoms with Crippen LogP contribution in [0.4, 0.5) is 0 Å². The lowest BCUT2D eigenvalue weighted by molar-refractivity contribution is 0.592. The van der Waals surface area contributed by atoms with E-state index in [0.29, 0.717) is 0 Å². The van der Waals surface area contributed by atoms with E-state index in [1.807, 2.05) is 0 Å². The van der Waals surface area contributed by atoms with E-state index in [9.17, 15) is 4.57 Å². The summed E-state index contributed by atoms with van der Waals surface area (Å²) in [6.07, 6.45) is 1.69. The Kier molecular flexibility index (Phi) is 3.72. The fourth-order valence-corrected chi connectivity index (χ4v) is 2.20. The van der Waals surface area contributed by atoms with Gasteiger partial charge in [0.2, 0.25) is 0 Å². The van der Waals surface area contributed by atoms with E-state index in [1.54, 1.807) is 6.26 Å². The van der Waals surface area contributed by atoms with Gasteiger partial charge in [-0.25, -0.2) is 0 Å². The maximum atomic E-state index is 10.2. The van der Waals surface area contributed by atoms with Crippen LogP contribution in [0.5, 0.6) is 0 Å². The first-order valence-electron chi connectivity index (χ1n) is 1.36. The summed E-state index contributed by atoms with van der Waals surface area (Å²) < 4.78 is 12.5. The maximum absolute atomic E-state index is 10.2. The summed E-state index contributed by atoms with van der Waals surface area (Å²) in [6, 6.07) is 0. The molecule has 7 heavy (non-hydrogen) atoms. The Balaban J connectivity index is 3.36. The third-order valence-electron chi connectivity index (χ3n) is 0.198. The van der Waals surface area contributed by atoms with Crippen molar-refractivity contribution in [2.45, 2.75) is 0 Å². The van der Waals surface area contributed by atoms with Gasteiger partial charge in [-0.05, 0) is 28.7 Å². The second-order valence-corrected chi connectivity index (χ2v) is 6.20. The van der Waals surface area contributed by atoms with Gasteiger partial charge < -0.3 is 0 Å². The van der Waals surface area contributed by atoms with Gasteiger partial charge in [0, 0.05) is 0 Å².